The second kappa shape index (κ2) is 6.41. The summed E-state index contributed by atoms with van der Waals surface area (Å²) >= 11 is 0. The van der Waals surface area contributed by atoms with E-state index in [1.807, 2.05) is 42.2 Å². The number of hydrogen-bond acceptors (Lipinski definition) is 3. The summed E-state index contributed by atoms with van der Waals surface area (Å²) in [6.45, 7) is 6.76. The molecule has 0 saturated heterocycles. The van der Waals surface area contributed by atoms with Crippen LogP contribution in [0.4, 0.5) is 5.69 Å². The zero-order valence-electron chi connectivity index (χ0n) is 16.0. The minimum absolute atomic E-state index is 0.0320. The number of nitrogens with zero attached hydrogens (tertiary/aromatic N) is 2. The van der Waals surface area contributed by atoms with E-state index in [0.717, 1.165) is 12.0 Å². The lowest BCUT2D eigenvalue weighted by atomic mass is 9.99. The molecule has 140 valence electrons. The summed E-state index contributed by atoms with van der Waals surface area (Å²) < 4.78 is 5.87. The molecule has 2 aromatic rings. The molecule has 0 aromatic heterocycles. The Morgan fingerprint density at radius 2 is 1.89 bits per heavy atom. The van der Waals surface area contributed by atoms with E-state index >= 15 is 0 Å². The van der Waals surface area contributed by atoms with E-state index < -0.39 is 5.60 Å². The van der Waals surface area contributed by atoms with Crippen LogP contribution in [0.5, 0.6) is 5.75 Å². The second-order valence-electron chi connectivity index (χ2n) is 7.81. The molecule has 0 radical (unpaired) electrons. The number of benzene rings is 2. The number of hydrogen-bond donors (Lipinski definition) is 0. The van der Waals surface area contributed by atoms with Gasteiger partial charge in [0.05, 0.1) is 5.69 Å². The van der Waals surface area contributed by atoms with Crippen LogP contribution >= 0.6 is 0 Å². The molecule has 0 atom stereocenters. The smallest absolute Gasteiger partial charge is 0.271 e. The number of amides is 2. The van der Waals surface area contributed by atoms with Crippen LogP contribution in [0, 0.1) is 6.92 Å². The van der Waals surface area contributed by atoms with Crippen LogP contribution in [0.25, 0.3) is 0 Å². The van der Waals surface area contributed by atoms with Crippen LogP contribution in [0.1, 0.15) is 30.5 Å². The predicted molar refractivity (Wildman–Crippen MR) is 104 cm³/mol. The van der Waals surface area contributed by atoms with Crippen LogP contribution < -0.4 is 9.64 Å². The van der Waals surface area contributed by atoms with Crippen molar-refractivity contribution < 1.29 is 14.3 Å². The highest BCUT2D eigenvalue weighted by Crippen LogP contribution is 2.38. The molecule has 0 bridgehead atoms. The van der Waals surface area contributed by atoms with E-state index in [-0.39, 0.29) is 18.4 Å². The van der Waals surface area contributed by atoms with Gasteiger partial charge in [-0.15, -0.1) is 0 Å². The summed E-state index contributed by atoms with van der Waals surface area (Å²) in [4.78, 5) is 29.4. The van der Waals surface area contributed by atoms with Gasteiger partial charge in [0.25, 0.3) is 5.91 Å². The lowest BCUT2D eigenvalue weighted by Gasteiger charge is -2.39. The third-order valence-electron chi connectivity index (χ3n) is 5.31. The Bertz CT molecular complexity index is 920. The van der Waals surface area contributed by atoms with Gasteiger partial charge in [-0.25, -0.2) is 0 Å². The van der Waals surface area contributed by atoms with Gasteiger partial charge in [-0.1, -0.05) is 30.3 Å². The summed E-state index contributed by atoms with van der Waals surface area (Å²) in [6, 6.07) is 13.9. The molecule has 0 aliphatic carbocycles. The molecular weight excluding hydrogens is 340 g/mol. The van der Waals surface area contributed by atoms with E-state index in [9.17, 15) is 9.59 Å². The number of rotatable bonds is 2. The Morgan fingerprint density at radius 1 is 1.15 bits per heavy atom. The van der Waals surface area contributed by atoms with Gasteiger partial charge in [0, 0.05) is 13.1 Å². The van der Waals surface area contributed by atoms with Crippen LogP contribution in [0.2, 0.25) is 0 Å². The maximum absolute atomic E-state index is 13.0. The molecule has 2 amide bonds. The molecule has 0 spiro atoms. The Kier molecular flexibility index (Phi) is 4.17. The largest absolute Gasteiger partial charge is 0.476 e. The second-order valence-corrected chi connectivity index (χ2v) is 7.81. The van der Waals surface area contributed by atoms with Crippen molar-refractivity contribution in [3.05, 3.63) is 59.2 Å². The molecule has 0 saturated carbocycles. The Labute approximate surface area is 159 Å². The molecular formula is C22H24N2O3. The molecule has 5 heteroatoms. The standard InChI is InChI=1S/C22H24N2O3/c1-15-8-9-19-18(12-15)24(21(26)22(2,3)27-19)14-20(25)23-11-10-16-6-4-5-7-17(16)13-23/h4-9,12H,10-11,13-14H2,1-3H3. The average Bonchev–Trinajstić information content (AvgIpc) is 2.65. The van der Waals surface area contributed by atoms with E-state index in [0.29, 0.717) is 24.5 Å². The van der Waals surface area contributed by atoms with Gasteiger partial charge >= 0.3 is 0 Å². The minimum atomic E-state index is -0.989. The molecule has 2 aliphatic heterocycles. The van der Waals surface area contributed by atoms with E-state index in [4.69, 9.17) is 4.74 Å². The minimum Gasteiger partial charge on any atom is -0.476 e. The first-order chi connectivity index (χ1) is 12.8. The van der Waals surface area contributed by atoms with Crippen molar-refractivity contribution in [2.45, 2.75) is 39.3 Å². The van der Waals surface area contributed by atoms with Crippen LogP contribution in [0.3, 0.4) is 0 Å². The zero-order valence-corrected chi connectivity index (χ0v) is 16.0. The van der Waals surface area contributed by atoms with Crippen molar-refractivity contribution in [2.75, 3.05) is 18.0 Å². The first kappa shape index (κ1) is 17.6. The molecule has 0 N–H and O–H groups in total. The highest BCUT2D eigenvalue weighted by molar-refractivity contribution is 6.05. The summed E-state index contributed by atoms with van der Waals surface area (Å²) in [5, 5.41) is 0. The maximum atomic E-state index is 13.0. The van der Waals surface area contributed by atoms with Crippen molar-refractivity contribution in [1.82, 2.24) is 4.90 Å². The fourth-order valence-electron chi connectivity index (χ4n) is 3.78. The number of carbonyl (C=O) groups is 2. The van der Waals surface area contributed by atoms with Crippen molar-refractivity contribution in [2.24, 2.45) is 0 Å². The SMILES string of the molecule is Cc1ccc2c(c1)N(CC(=O)N1CCc3ccccc3C1)C(=O)C(C)(C)O2. The molecule has 5 nitrogen and oxygen atoms in total. The highest BCUT2D eigenvalue weighted by atomic mass is 16.5. The van der Waals surface area contributed by atoms with E-state index in [1.165, 1.54) is 11.1 Å². The first-order valence-corrected chi connectivity index (χ1v) is 9.31. The number of carbonyl (C=O) groups excluding carboxylic acids is 2. The number of ether oxygens (including phenoxy) is 1. The Hall–Kier alpha value is -2.82. The summed E-state index contributed by atoms with van der Waals surface area (Å²) in [5.41, 5.74) is 3.18. The average molecular weight is 364 g/mol. The Morgan fingerprint density at radius 3 is 2.67 bits per heavy atom. The maximum Gasteiger partial charge on any atom is 0.271 e. The molecule has 2 aliphatic rings. The van der Waals surface area contributed by atoms with Crippen molar-refractivity contribution in [1.29, 1.82) is 0 Å². The third kappa shape index (κ3) is 3.18. The van der Waals surface area contributed by atoms with E-state index in [1.54, 1.807) is 18.7 Å². The predicted octanol–water partition coefficient (Wildman–Crippen LogP) is 3.08. The molecule has 0 unspecified atom stereocenters. The number of fused-ring (bicyclic) bond motifs is 2. The molecule has 2 heterocycles. The van der Waals surface area contributed by atoms with Gasteiger partial charge in [0.2, 0.25) is 5.91 Å². The summed E-state index contributed by atoms with van der Waals surface area (Å²) in [7, 11) is 0. The van der Waals surface area contributed by atoms with Crippen LogP contribution in [-0.2, 0) is 22.6 Å². The zero-order chi connectivity index (χ0) is 19.2. The van der Waals surface area contributed by atoms with Gasteiger partial charge in [0.1, 0.15) is 12.3 Å². The van der Waals surface area contributed by atoms with Gasteiger partial charge in [0.15, 0.2) is 5.60 Å². The van der Waals surface area contributed by atoms with E-state index in [2.05, 4.69) is 12.1 Å². The number of aryl methyl sites for hydroxylation is 1. The van der Waals surface area contributed by atoms with Gasteiger partial charge < -0.3 is 9.64 Å². The third-order valence-corrected chi connectivity index (χ3v) is 5.31. The topological polar surface area (TPSA) is 49.9 Å². The molecule has 27 heavy (non-hydrogen) atoms. The van der Waals surface area contributed by atoms with Crippen molar-refractivity contribution in [3.8, 4) is 5.75 Å². The van der Waals surface area contributed by atoms with Crippen LogP contribution in [0.15, 0.2) is 42.5 Å². The first-order valence-electron chi connectivity index (χ1n) is 9.31. The van der Waals surface area contributed by atoms with Crippen LogP contribution in [-0.4, -0.2) is 35.4 Å². The quantitative estimate of drug-likeness (QED) is 0.823. The van der Waals surface area contributed by atoms with Gasteiger partial charge in [-0.3, -0.25) is 14.5 Å². The van der Waals surface area contributed by atoms with Gasteiger partial charge in [-0.05, 0) is 56.0 Å². The lowest BCUT2D eigenvalue weighted by molar-refractivity contribution is -0.137. The summed E-state index contributed by atoms with van der Waals surface area (Å²) in [5.74, 6) is 0.413. The van der Waals surface area contributed by atoms with Crippen molar-refractivity contribution in [3.63, 3.8) is 0 Å². The fourth-order valence-corrected chi connectivity index (χ4v) is 3.78. The highest BCUT2D eigenvalue weighted by Gasteiger charge is 2.42. The monoisotopic (exact) mass is 364 g/mol. The molecule has 0 fully saturated rings. The summed E-state index contributed by atoms with van der Waals surface area (Å²) in [6.07, 6.45) is 0.847. The molecule has 4 rings (SSSR count). The lowest BCUT2D eigenvalue weighted by Crippen LogP contribution is -2.55. The molecule has 2 aromatic carbocycles. The van der Waals surface area contributed by atoms with Gasteiger partial charge in [-0.2, -0.15) is 0 Å². The normalized spacial score (nSPS) is 17.8. The Balaban J connectivity index is 1.59. The van der Waals surface area contributed by atoms with Crippen molar-refractivity contribution >= 4 is 17.5 Å². The number of anilines is 1. The fraction of sp³-hybridized carbons (Fsp3) is 0.364.